The molecule has 1 amide bonds. The van der Waals surface area contributed by atoms with Crippen LogP contribution in [0.25, 0.3) is 0 Å². The average molecular weight is 356 g/mol. The zero-order chi connectivity index (χ0) is 18.0. The van der Waals surface area contributed by atoms with E-state index in [1.165, 1.54) is 0 Å². The van der Waals surface area contributed by atoms with Crippen molar-refractivity contribution in [1.29, 1.82) is 0 Å². The third-order valence-corrected chi connectivity index (χ3v) is 5.49. The quantitative estimate of drug-likeness (QED) is 0.837. The van der Waals surface area contributed by atoms with Gasteiger partial charge in [-0.25, -0.2) is 4.98 Å². The Morgan fingerprint density at radius 3 is 2.85 bits per heavy atom. The number of hydrogen-bond donors (Lipinski definition) is 0. The Hall–Kier alpha value is -2.41. The molecule has 2 aromatic heterocycles. The molecule has 1 atom stereocenters. The minimum Gasteiger partial charge on any atom is -0.475 e. The highest BCUT2D eigenvalue weighted by molar-refractivity contribution is 5.92. The Labute approximate surface area is 152 Å². The molecule has 4 rings (SSSR count). The second-order valence-electron chi connectivity index (χ2n) is 7.25. The van der Waals surface area contributed by atoms with Crippen LogP contribution in [0.3, 0.4) is 0 Å². The molecule has 7 nitrogen and oxygen atoms in total. The van der Waals surface area contributed by atoms with Crippen LogP contribution in [-0.4, -0.2) is 58.0 Å². The first-order chi connectivity index (χ1) is 12.7. The molecule has 0 N–H and O–H groups in total. The van der Waals surface area contributed by atoms with Crippen molar-refractivity contribution >= 4 is 5.91 Å². The molecule has 2 fully saturated rings. The fraction of sp³-hybridized carbons (Fsp3) is 0.526. The lowest BCUT2D eigenvalue weighted by Gasteiger charge is -2.38. The molecule has 7 heteroatoms. The van der Waals surface area contributed by atoms with Gasteiger partial charge in [0.2, 0.25) is 5.88 Å². The first kappa shape index (κ1) is 17.0. The number of nitrogens with zero attached hydrogens (tertiary/aromatic N) is 4. The molecular weight excluding hydrogens is 332 g/mol. The summed E-state index contributed by atoms with van der Waals surface area (Å²) in [6.45, 7) is 2.80. The van der Waals surface area contributed by atoms with Crippen molar-refractivity contribution in [1.82, 2.24) is 19.7 Å². The van der Waals surface area contributed by atoms with E-state index in [9.17, 15) is 4.79 Å². The van der Waals surface area contributed by atoms with Crippen molar-refractivity contribution in [3.05, 3.63) is 42.4 Å². The maximum Gasteiger partial charge on any atom is 0.272 e. The number of carbonyl (C=O) groups excluding carboxylic acids is 1. The Morgan fingerprint density at radius 1 is 1.31 bits per heavy atom. The summed E-state index contributed by atoms with van der Waals surface area (Å²) < 4.78 is 13.4. The zero-order valence-corrected chi connectivity index (χ0v) is 15.0. The minimum absolute atomic E-state index is 0.0637. The average Bonchev–Trinajstić information content (AvgIpc) is 3.27. The molecule has 0 bridgehead atoms. The molecule has 0 aliphatic carbocycles. The highest BCUT2D eigenvalue weighted by atomic mass is 16.5. The van der Waals surface area contributed by atoms with Crippen LogP contribution >= 0.6 is 0 Å². The maximum absolute atomic E-state index is 12.6. The van der Waals surface area contributed by atoms with Gasteiger partial charge >= 0.3 is 0 Å². The van der Waals surface area contributed by atoms with Crippen LogP contribution in [-0.2, 0) is 11.8 Å². The Balaban J connectivity index is 1.29. The fourth-order valence-electron chi connectivity index (χ4n) is 3.89. The molecule has 2 aliphatic rings. The third kappa shape index (κ3) is 3.44. The highest BCUT2D eigenvalue weighted by Crippen LogP contribution is 2.42. The molecule has 0 unspecified atom stereocenters. The lowest BCUT2D eigenvalue weighted by atomic mass is 9.76. The van der Waals surface area contributed by atoms with E-state index in [0.717, 1.165) is 39.0 Å². The molecule has 0 saturated carbocycles. The molecular formula is C19H24N4O3. The van der Waals surface area contributed by atoms with E-state index in [1.54, 1.807) is 30.2 Å². The molecule has 2 aromatic rings. The SMILES string of the molecule is Cn1nccc1C(=O)N1CCC2(CC1)CO[C@@H](COc1ccccn1)C2. The van der Waals surface area contributed by atoms with Crippen LogP contribution in [0.1, 0.15) is 29.8 Å². The zero-order valence-electron chi connectivity index (χ0n) is 15.0. The van der Waals surface area contributed by atoms with Crippen molar-refractivity contribution in [2.75, 3.05) is 26.3 Å². The fourth-order valence-corrected chi connectivity index (χ4v) is 3.89. The summed E-state index contributed by atoms with van der Waals surface area (Å²) in [4.78, 5) is 18.7. The number of hydrogen-bond acceptors (Lipinski definition) is 5. The standard InChI is InChI=1S/C19H24N4O3/c1-22-16(5-9-21-22)18(24)23-10-6-19(7-11-23)12-15(26-14-19)13-25-17-4-2-3-8-20-17/h2-5,8-9,15H,6-7,10-14H2,1H3/t15-/m1/s1. The summed E-state index contributed by atoms with van der Waals surface area (Å²) >= 11 is 0. The lowest BCUT2D eigenvalue weighted by Crippen LogP contribution is -2.44. The van der Waals surface area contributed by atoms with E-state index >= 15 is 0 Å². The first-order valence-corrected chi connectivity index (χ1v) is 9.08. The predicted octanol–water partition coefficient (Wildman–Crippen LogP) is 1.91. The van der Waals surface area contributed by atoms with Gasteiger partial charge in [0.15, 0.2) is 0 Å². The van der Waals surface area contributed by atoms with Crippen molar-refractivity contribution in [2.45, 2.75) is 25.4 Å². The summed E-state index contributed by atoms with van der Waals surface area (Å²) in [5, 5.41) is 4.09. The van der Waals surface area contributed by atoms with Crippen LogP contribution in [0.2, 0.25) is 0 Å². The molecule has 138 valence electrons. The van der Waals surface area contributed by atoms with Gasteiger partial charge in [-0.05, 0) is 36.8 Å². The van der Waals surface area contributed by atoms with Gasteiger partial charge in [0, 0.05) is 38.6 Å². The van der Waals surface area contributed by atoms with Gasteiger partial charge in [-0.15, -0.1) is 0 Å². The van der Waals surface area contributed by atoms with Gasteiger partial charge in [0.05, 0.1) is 12.7 Å². The van der Waals surface area contributed by atoms with Crippen molar-refractivity contribution in [3.63, 3.8) is 0 Å². The summed E-state index contributed by atoms with van der Waals surface area (Å²) in [6.07, 6.45) is 6.40. The number of pyridine rings is 1. The van der Waals surface area contributed by atoms with E-state index in [0.29, 0.717) is 18.2 Å². The Bertz CT molecular complexity index is 753. The highest BCUT2D eigenvalue weighted by Gasteiger charge is 2.43. The first-order valence-electron chi connectivity index (χ1n) is 9.08. The maximum atomic E-state index is 12.6. The van der Waals surface area contributed by atoms with Crippen LogP contribution in [0, 0.1) is 5.41 Å². The molecule has 0 aromatic carbocycles. The van der Waals surface area contributed by atoms with E-state index in [4.69, 9.17) is 9.47 Å². The minimum atomic E-state index is 0.0637. The number of aryl methyl sites for hydroxylation is 1. The lowest BCUT2D eigenvalue weighted by molar-refractivity contribution is 0.0418. The van der Waals surface area contributed by atoms with Gasteiger partial charge in [0.1, 0.15) is 12.3 Å². The van der Waals surface area contributed by atoms with Crippen molar-refractivity contribution in [2.24, 2.45) is 12.5 Å². The van der Waals surface area contributed by atoms with Crippen LogP contribution in [0.4, 0.5) is 0 Å². The van der Waals surface area contributed by atoms with Gasteiger partial charge in [0.25, 0.3) is 5.91 Å². The number of likely N-dealkylation sites (tertiary alicyclic amines) is 1. The van der Waals surface area contributed by atoms with Gasteiger partial charge in [-0.1, -0.05) is 6.07 Å². The number of piperidine rings is 1. The molecule has 26 heavy (non-hydrogen) atoms. The number of amides is 1. The second-order valence-corrected chi connectivity index (χ2v) is 7.25. The molecule has 4 heterocycles. The van der Waals surface area contributed by atoms with Gasteiger partial charge < -0.3 is 14.4 Å². The normalized spacial score (nSPS) is 21.9. The van der Waals surface area contributed by atoms with E-state index < -0.39 is 0 Å². The number of ether oxygens (including phenoxy) is 2. The Kier molecular flexibility index (Phi) is 4.63. The summed E-state index contributed by atoms with van der Waals surface area (Å²) in [7, 11) is 1.80. The van der Waals surface area contributed by atoms with Gasteiger partial charge in [-0.3, -0.25) is 9.48 Å². The molecule has 2 aliphatic heterocycles. The number of aromatic nitrogens is 3. The summed E-state index contributed by atoms with van der Waals surface area (Å²) in [6, 6.07) is 7.41. The van der Waals surface area contributed by atoms with Crippen molar-refractivity contribution < 1.29 is 14.3 Å². The van der Waals surface area contributed by atoms with Gasteiger partial charge in [-0.2, -0.15) is 5.10 Å². The van der Waals surface area contributed by atoms with E-state index in [2.05, 4.69) is 10.1 Å². The monoisotopic (exact) mass is 356 g/mol. The van der Waals surface area contributed by atoms with E-state index in [-0.39, 0.29) is 17.4 Å². The smallest absolute Gasteiger partial charge is 0.272 e. The molecule has 1 spiro atoms. The number of rotatable bonds is 4. The second kappa shape index (κ2) is 7.07. The third-order valence-electron chi connectivity index (χ3n) is 5.49. The van der Waals surface area contributed by atoms with E-state index in [1.807, 2.05) is 23.1 Å². The largest absolute Gasteiger partial charge is 0.475 e. The topological polar surface area (TPSA) is 69.5 Å². The Morgan fingerprint density at radius 2 is 2.15 bits per heavy atom. The van der Waals surface area contributed by atoms with Crippen LogP contribution in [0.5, 0.6) is 5.88 Å². The summed E-state index contributed by atoms with van der Waals surface area (Å²) in [5.74, 6) is 0.697. The predicted molar refractivity (Wildman–Crippen MR) is 94.9 cm³/mol. The molecule has 0 radical (unpaired) electrons. The summed E-state index contributed by atoms with van der Waals surface area (Å²) in [5.41, 5.74) is 0.812. The molecule has 2 saturated heterocycles. The number of carbonyl (C=O) groups is 1. The van der Waals surface area contributed by atoms with Crippen LogP contribution in [0.15, 0.2) is 36.7 Å². The van der Waals surface area contributed by atoms with Crippen LogP contribution < -0.4 is 4.74 Å². The van der Waals surface area contributed by atoms with Crippen molar-refractivity contribution in [3.8, 4) is 5.88 Å².